The predicted octanol–water partition coefficient (Wildman–Crippen LogP) is 3.07. The van der Waals surface area contributed by atoms with Crippen LogP contribution in [0.4, 0.5) is 4.39 Å². The first kappa shape index (κ1) is 13.8. The Kier molecular flexibility index (Phi) is 3.69. The Morgan fingerprint density at radius 1 is 1.40 bits per heavy atom. The predicted molar refractivity (Wildman–Crippen MR) is 74.0 cm³/mol. The lowest BCUT2D eigenvalue weighted by Crippen LogP contribution is -2.43. The van der Waals surface area contributed by atoms with E-state index in [0.29, 0.717) is 18.0 Å². The Labute approximate surface area is 122 Å². The fourth-order valence-corrected chi connectivity index (χ4v) is 4.05. The zero-order chi connectivity index (χ0) is 14.3. The fraction of sp³-hybridized carbons (Fsp3) is 0.533. The molecule has 2 fully saturated rings. The molecule has 0 saturated heterocycles. The largest absolute Gasteiger partial charge is 0.481 e. The molecule has 0 heterocycles. The molecule has 0 radical (unpaired) electrons. The summed E-state index contributed by atoms with van der Waals surface area (Å²) in [6.07, 6.45) is 3.09. The molecule has 2 aliphatic carbocycles. The van der Waals surface area contributed by atoms with Gasteiger partial charge in [-0.2, -0.15) is 0 Å². The summed E-state index contributed by atoms with van der Waals surface area (Å²) < 4.78 is 13.4. The highest BCUT2D eigenvalue weighted by molar-refractivity contribution is 6.31. The number of rotatable bonds is 4. The topological polar surface area (TPSA) is 49.3 Å². The van der Waals surface area contributed by atoms with Gasteiger partial charge in [0.1, 0.15) is 5.82 Å². The van der Waals surface area contributed by atoms with Crippen LogP contribution in [0.3, 0.4) is 0 Å². The first-order valence-corrected chi connectivity index (χ1v) is 7.35. The van der Waals surface area contributed by atoms with E-state index in [-0.39, 0.29) is 22.9 Å². The van der Waals surface area contributed by atoms with Crippen LogP contribution in [-0.2, 0) is 11.3 Å². The van der Waals surface area contributed by atoms with Gasteiger partial charge in [-0.25, -0.2) is 4.39 Å². The minimum absolute atomic E-state index is 0.0226. The number of nitrogens with one attached hydrogen (secondary N) is 1. The van der Waals surface area contributed by atoms with Crippen molar-refractivity contribution in [2.75, 3.05) is 0 Å². The number of carboxylic acid groups (broad SMARTS) is 1. The molecule has 2 bridgehead atoms. The smallest absolute Gasteiger partial charge is 0.308 e. The van der Waals surface area contributed by atoms with Crippen molar-refractivity contribution >= 4 is 17.6 Å². The molecule has 2 saturated carbocycles. The Balaban J connectivity index is 1.71. The van der Waals surface area contributed by atoms with E-state index >= 15 is 0 Å². The Morgan fingerprint density at radius 2 is 2.15 bits per heavy atom. The zero-order valence-electron chi connectivity index (χ0n) is 11.0. The summed E-state index contributed by atoms with van der Waals surface area (Å²) in [7, 11) is 0. The van der Waals surface area contributed by atoms with Crippen LogP contribution in [0, 0.1) is 23.6 Å². The van der Waals surface area contributed by atoms with Crippen molar-refractivity contribution in [3.05, 3.63) is 34.6 Å². The number of carbonyl (C=O) groups is 1. The van der Waals surface area contributed by atoms with E-state index in [1.54, 1.807) is 12.1 Å². The summed E-state index contributed by atoms with van der Waals surface area (Å²) in [6.45, 7) is 0.411. The van der Waals surface area contributed by atoms with E-state index in [1.807, 2.05) is 0 Å². The highest BCUT2D eigenvalue weighted by atomic mass is 35.5. The van der Waals surface area contributed by atoms with Crippen molar-refractivity contribution in [2.45, 2.75) is 31.8 Å². The normalized spacial score (nSPS) is 31.7. The number of benzene rings is 1. The van der Waals surface area contributed by atoms with Crippen molar-refractivity contribution in [1.29, 1.82) is 0 Å². The number of hydrogen-bond donors (Lipinski definition) is 2. The molecule has 1 aromatic rings. The molecule has 4 atom stereocenters. The van der Waals surface area contributed by atoms with Gasteiger partial charge in [-0.3, -0.25) is 4.79 Å². The van der Waals surface area contributed by atoms with E-state index in [0.717, 1.165) is 19.3 Å². The van der Waals surface area contributed by atoms with E-state index in [1.165, 1.54) is 6.07 Å². The van der Waals surface area contributed by atoms with Crippen LogP contribution in [0.15, 0.2) is 18.2 Å². The molecule has 0 aliphatic heterocycles. The lowest BCUT2D eigenvalue weighted by Gasteiger charge is -2.29. The average Bonchev–Trinajstić information content (AvgIpc) is 3.00. The van der Waals surface area contributed by atoms with E-state index in [4.69, 9.17) is 11.6 Å². The first-order valence-electron chi connectivity index (χ1n) is 6.97. The molecule has 2 aliphatic rings. The standard InChI is InChI=1S/C15H17ClFNO2/c16-13-10(2-1-3-11(13)17)7-18-14-9-5-4-8(6-9)12(14)15(19)20/h1-3,8-9,12,14,18H,4-7H2,(H,19,20). The van der Waals surface area contributed by atoms with Gasteiger partial charge in [-0.15, -0.1) is 0 Å². The van der Waals surface area contributed by atoms with Crippen LogP contribution in [0.1, 0.15) is 24.8 Å². The number of aliphatic carboxylic acids is 1. The number of halogens is 2. The zero-order valence-corrected chi connectivity index (χ0v) is 11.7. The molecule has 20 heavy (non-hydrogen) atoms. The molecule has 0 spiro atoms. The summed E-state index contributed by atoms with van der Waals surface area (Å²) in [4.78, 5) is 11.4. The van der Waals surface area contributed by atoms with Crippen molar-refractivity contribution in [3.63, 3.8) is 0 Å². The summed E-state index contributed by atoms with van der Waals surface area (Å²) in [6, 6.07) is 4.68. The van der Waals surface area contributed by atoms with Gasteiger partial charge in [0.25, 0.3) is 0 Å². The van der Waals surface area contributed by atoms with Crippen molar-refractivity contribution in [3.8, 4) is 0 Å². The SMILES string of the molecule is O=C(O)C1C2CCC(C2)C1NCc1cccc(F)c1Cl. The second-order valence-electron chi connectivity index (χ2n) is 5.82. The van der Waals surface area contributed by atoms with Gasteiger partial charge in [0.15, 0.2) is 0 Å². The highest BCUT2D eigenvalue weighted by Crippen LogP contribution is 2.48. The summed E-state index contributed by atoms with van der Waals surface area (Å²) in [5.74, 6) is -0.763. The number of carboxylic acids is 1. The van der Waals surface area contributed by atoms with Gasteiger partial charge in [-0.05, 0) is 42.7 Å². The molecule has 3 rings (SSSR count). The van der Waals surface area contributed by atoms with Crippen molar-refractivity contribution in [1.82, 2.24) is 5.32 Å². The van der Waals surface area contributed by atoms with Gasteiger partial charge >= 0.3 is 5.97 Å². The minimum Gasteiger partial charge on any atom is -0.481 e. The van der Waals surface area contributed by atoms with E-state index in [2.05, 4.69) is 5.32 Å². The maximum Gasteiger partial charge on any atom is 0.308 e. The van der Waals surface area contributed by atoms with Crippen molar-refractivity contribution < 1.29 is 14.3 Å². The molecule has 0 aromatic heterocycles. The summed E-state index contributed by atoms with van der Waals surface area (Å²) in [5.41, 5.74) is 0.679. The van der Waals surface area contributed by atoms with E-state index in [9.17, 15) is 14.3 Å². The Morgan fingerprint density at radius 3 is 2.90 bits per heavy atom. The third-order valence-electron chi connectivity index (χ3n) is 4.76. The minimum atomic E-state index is -0.722. The summed E-state index contributed by atoms with van der Waals surface area (Å²) in [5, 5.41) is 12.8. The summed E-state index contributed by atoms with van der Waals surface area (Å²) >= 11 is 5.93. The van der Waals surface area contributed by atoms with Gasteiger partial charge in [-0.1, -0.05) is 23.7 Å². The third-order valence-corrected chi connectivity index (χ3v) is 5.18. The van der Waals surface area contributed by atoms with Crippen LogP contribution in [-0.4, -0.2) is 17.1 Å². The molecule has 108 valence electrons. The van der Waals surface area contributed by atoms with Crippen LogP contribution in [0.5, 0.6) is 0 Å². The van der Waals surface area contributed by atoms with Crippen molar-refractivity contribution in [2.24, 2.45) is 17.8 Å². The maximum atomic E-state index is 13.4. The molecular weight excluding hydrogens is 281 g/mol. The second kappa shape index (κ2) is 5.34. The van der Waals surface area contributed by atoms with Gasteiger partial charge < -0.3 is 10.4 Å². The lowest BCUT2D eigenvalue weighted by molar-refractivity contribution is -0.144. The molecular formula is C15H17ClFNO2. The monoisotopic (exact) mass is 297 g/mol. The van der Waals surface area contributed by atoms with Crippen LogP contribution in [0.2, 0.25) is 5.02 Å². The maximum absolute atomic E-state index is 13.4. The Hall–Kier alpha value is -1.13. The highest BCUT2D eigenvalue weighted by Gasteiger charge is 2.50. The van der Waals surface area contributed by atoms with Crippen LogP contribution >= 0.6 is 11.6 Å². The van der Waals surface area contributed by atoms with Gasteiger partial charge in [0, 0.05) is 12.6 Å². The molecule has 5 heteroatoms. The fourth-order valence-electron chi connectivity index (χ4n) is 3.85. The quantitative estimate of drug-likeness (QED) is 0.898. The van der Waals surface area contributed by atoms with Crippen LogP contribution in [0.25, 0.3) is 0 Å². The molecule has 3 nitrogen and oxygen atoms in total. The second-order valence-corrected chi connectivity index (χ2v) is 6.19. The lowest BCUT2D eigenvalue weighted by atomic mass is 9.84. The van der Waals surface area contributed by atoms with E-state index < -0.39 is 11.8 Å². The molecule has 4 unspecified atom stereocenters. The molecule has 2 N–H and O–H groups in total. The number of hydrogen-bond acceptors (Lipinski definition) is 2. The molecule has 0 amide bonds. The molecule has 1 aromatic carbocycles. The van der Waals surface area contributed by atoms with Gasteiger partial charge in [0.05, 0.1) is 10.9 Å². The first-order chi connectivity index (χ1) is 9.58. The average molecular weight is 298 g/mol. The third kappa shape index (κ3) is 2.31. The van der Waals surface area contributed by atoms with Crippen LogP contribution < -0.4 is 5.32 Å². The number of fused-ring (bicyclic) bond motifs is 2. The Bertz CT molecular complexity index is 537. The van der Waals surface area contributed by atoms with Gasteiger partial charge in [0.2, 0.25) is 0 Å².